The maximum atomic E-state index is 14.2. The minimum absolute atomic E-state index is 0.0345. The van der Waals surface area contributed by atoms with Crippen LogP contribution in [0.25, 0.3) is 0 Å². The van der Waals surface area contributed by atoms with E-state index in [1.54, 1.807) is 34.6 Å². The van der Waals surface area contributed by atoms with Crippen LogP contribution < -0.4 is 0 Å². The number of likely N-dealkylation sites (N-methyl/N-ethyl adjacent to an activating group) is 1. The third-order valence-electron chi connectivity index (χ3n) is 12.4. The quantitative estimate of drug-likeness (QED) is 0.126. The van der Waals surface area contributed by atoms with Gasteiger partial charge in [-0.1, -0.05) is 39.8 Å². The molecule has 18 atom stereocenters. The van der Waals surface area contributed by atoms with Crippen molar-refractivity contribution in [3.63, 3.8) is 0 Å². The summed E-state index contributed by atoms with van der Waals surface area (Å²) in [6.07, 6.45) is -7.02. The summed E-state index contributed by atoms with van der Waals surface area (Å²) in [7, 11) is 5.27. The Labute approximate surface area is 310 Å². The van der Waals surface area contributed by atoms with E-state index in [-0.39, 0.29) is 36.6 Å². The van der Waals surface area contributed by atoms with Crippen LogP contribution in [-0.4, -0.2) is 146 Å². The van der Waals surface area contributed by atoms with Gasteiger partial charge in [0.1, 0.15) is 17.8 Å². The van der Waals surface area contributed by atoms with E-state index in [2.05, 4.69) is 5.16 Å². The monoisotopic (exact) mass is 746 g/mol. The number of nitrogens with zero attached hydrogens (tertiary/aromatic N) is 2. The number of esters is 1. The fourth-order valence-corrected chi connectivity index (χ4v) is 9.17. The van der Waals surface area contributed by atoms with Crippen LogP contribution in [0.4, 0.5) is 0 Å². The lowest BCUT2D eigenvalue weighted by Gasteiger charge is -2.49. The lowest BCUT2D eigenvalue weighted by atomic mass is 9.73. The number of aliphatic hydroxyl groups is 5. The highest BCUT2D eigenvalue weighted by atomic mass is 16.7. The summed E-state index contributed by atoms with van der Waals surface area (Å²) < 4.78 is 31.5. The van der Waals surface area contributed by atoms with Crippen LogP contribution in [0.5, 0.6) is 0 Å². The normalized spacial score (nSPS) is 49.8. The number of aliphatic hydroxyl groups excluding tert-OH is 3. The molecule has 0 radical (unpaired) electrons. The summed E-state index contributed by atoms with van der Waals surface area (Å²) in [4.78, 5) is 16.1. The largest absolute Gasteiger partial charge is 0.459 e. The maximum Gasteiger partial charge on any atom is 0.311 e. The van der Waals surface area contributed by atoms with Gasteiger partial charge in [0.05, 0.1) is 59.5 Å². The predicted molar refractivity (Wildman–Crippen MR) is 194 cm³/mol. The van der Waals surface area contributed by atoms with Crippen LogP contribution in [0.2, 0.25) is 0 Å². The van der Waals surface area contributed by atoms with Crippen molar-refractivity contribution in [2.45, 2.75) is 179 Å². The lowest BCUT2D eigenvalue weighted by molar-refractivity contribution is -0.301. The molecule has 0 aromatic carbocycles. The van der Waals surface area contributed by atoms with Gasteiger partial charge in [-0.3, -0.25) is 4.79 Å². The van der Waals surface area contributed by atoms with Gasteiger partial charge < -0.3 is 59.3 Å². The van der Waals surface area contributed by atoms with Gasteiger partial charge in [-0.25, -0.2) is 0 Å². The van der Waals surface area contributed by atoms with E-state index in [0.717, 1.165) is 0 Å². The smallest absolute Gasteiger partial charge is 0.311 e. The maximum absolute atomic E-state index is 14.2. The van der Waals surface area contributed by atoms with Crippen molar-refractivity contribution in [1.82, 2.24) is 4.90 Å². The van der Waals surface area contributed by atoms with Crippen molar-refractivity contribution >= 4 is 11.7 Å². The van der Waals surface area contributed by atoms with Crippen molar-refractivity contribution in [2.75, 3.05) is 21.2 Å². The molecule has 3 aliphatic rings. The van der Waals surface area contributed by atoms with Crippen LogP contribution in [-0.2, 0) is 28.5 Å². The molecule has 52 heavy (non-hydrogen) atoms. The first-order chi connectivity index (χ1) is 24.0. The zero-order valence-electron chi connectivity index (χ0n) is 33.7. The fourth-order valence-electron chi connectivity index (χ4n) is 9.17. The number of carbonyl (C=O) groups is 1. The second-order valence-electron chi connectivity index (χ2n) is 17.2. The molecule has 14 heteroatoms. The molecule has 0 unspecified atom stereocenters. The van der Waals surface area contributed by atoms with Crippen LogP contribution in [0, 0.1) is 29.6 Å². The van der Waals surface area contributed by atoms with Gasteiger partial charge in [0, 0.05) is 37.3 Å². The highest BCUT2D eigenvalue weighted by molar-refractivity contribution is 5.88. The zero-order chi connectivity index (χ0) is 39.7. The predicted octanol–water partition coefficient (Wildman–Crippen LogP) is 2.71. The molecule has 304 valence electrons. The second-order valence-corrected chi connectivity index (χ2v) is 17.2. The van der Waals surface area contributed by atoms with Crippen molar-refractivity contribution in [3.05, 3.63) is 0 Å². The minimum Gasteiger partial charge on any atom is -0.459 e. The molecule has 2 heterocycles. The molecule has 2 saturated heterocycles. The number of oxime groups is 1. The van der Waals surface area contributed by atoms with E-state index in [9.17, 15) is 35.5 Å². The molecule has 0 spiro atoms. The summed E-state index contributed by atoms with van der Waals surface area (Å²) in [5.41, 5.74) is -4.47. The van der Waals surface area contributed by atoms with Crippen molar-refractivity contribution in [2.24, 2.45) is 34.7 Å². The molecule has 0 amide bonds. The molecule has 0 bridgehead atoms. The first kappa shape index (κ1) is 44.9. The molecule has 2 aliphatic heterocycles. The van der Waals surface area contributed by atoms with E-state index >= 15 is 0 Å². The number of carbonyl (C=O) groups excluding carboxylic acids is 1. The van der Waals surface area contributed by atoms with E-state index in [0.29, 0.717) is 19.3 Å². The molecule has 14 nitrogen and oxygen atoms in total. The first-order valence-corrected chi connectivity index (χ1v) is 19.1. The SMILES string of the molecule is CC[C@@H]1OC(=O)[C@H](C)[C@H](O[C@@H]2C[C@@H](C)[C@H](O)[C@](C)(OC)C2)[C@@H](C)[C@@H](O[C@@H]2O[C@H](C)C[C@H](N(C)C)[C@H]2O)[C@](C)(O)C[C@@H](C)/C(=N\O)[C@@H](C)[C@H](O)[C@]1(C)O. The van der Waals surface area contributed by atoms with Crippen LogP contribution >= 0.6 is 0 Å². The summed E-state index contributed by atoms with van der Waals surface area (Å²) in [6.45, 7) is 17.2. The molecular weight excluding hydrogens is 676 g/mol. The number of hydrogen-bond donors (Lipinski definition) is 6. The third-order valence-corrected chi connectivity index (χ3v) is 12.4. The van der Waals surface area contributed by atoms with Crippen LogP contribution in [0.15, 0.2) is 5.16 Å². The summed E-state index contributed by atoms with van der Waals surface area (Å²) in [6, 6.07) is -0.302. The van der Waals surface area contributed by atoms with E-state index in [4.69, 9.17) is 23.7 Å². The average Bonchev–Trinajstić information content (AvgIpc) is 3.06. The van der Waals surface area contributed by atoms with Gasteiger partial charge in [-0.15, -0.1) is 0 Å². The Morgan fingerprint density at radius 1 is 0.923 bits per heavy atom. The van der Waals surface area contributed by atoms with Crippen molar-refractivity contribution < 1.29 is 59.2 Å². The standard InChI is InChI=1S/C38H70N2O12/c1-14-27-38(10,46)32(43)22(5)28(39-47)20(3)17-36(8,45)33(52-35-29(41)26(40(11)12)16-21(4)49-35)23(6)30(24(7)34(44)51-27)50-25-15-19(2)31(42)37(9,18-25)48-13/h19-27,29-33,35,41-43,45-47H,14-18H2,1-13H3/b39-28+/t19-,20-,21-,22-,23-,24-,25-,26+,27+,29-,30-,31+,32+,33-,35+,36-,37-,38-/m1/s1. The molecule has 3 rings (SSSR count). The Bertz CT molecular complexity index is 1200. The summed E-state index contributed by atoms with van der Waals surface area (Å²) >= 11 is 0. The Balaban J connectivity index is 2.21. The Morgan fingerprint density at radius 2 is 1.54 bits per heavy atom. The van der Waals surface area contributed by atoms with Gasteiger partial charge >= 0.3 is 5.97 Å². The molecule has 0 aromatic rings. The Morgan fingerprint density at radius 3 is 2.08 bits per heavy atom. The third kappa shape index (κ3) is 9.49. The molecular formula is C38H70N2O12. The minimum atomic E-state index is -1.94. The molecule has 0 aromatic heterocycles. The molecule has 3 fully saturated rings. The first-order valence-electron chi connectivity index (χ1n) is 19.1. The van der Waals surface area contributed by atoms with Gasteiger partial charge in [0.25, 0.3) is 0 Å². The number of methoxy groups -OCH3 is 1. The highest BCUT2D eigenvalue weighted by Crippen LogP contribution is 2.42. The molecule has 1 aliphatic carbocycles. The average molecular weight is 747 g/mol. The highest BCUT2D eigenvalue weighted by Gasteiger charge is 2.53. The van der Waals surface area contributed by atoms with E-state index in [1.165, 1.54) is 14.0 Å². The van der Waals surface area contributed by atoms with E-state index < -0.39 is 95.5 Å². The zero-order valence-corrected chi connectivity index (χ0v) is 33.7. The summed E-state index contributed by atoms with van der Waals surface area (Å²) in [5, 5.41) is 72.0. The number of hydrogen-bond acceptors (Lipinski definition) is 14. The molecule has 1 saturated carbocycles. The van der Waals surface area contributed by atoms with Gasteiger partial charge in [0.2, 0.25) is 0 Å². The van der Waals surface area contributed by atoms with Crippen molar-refractivity contribution in [3.8, 4) is 0 Å². The molecule has 6 N–H and O–H groups in total. The number of cyclic esters (lactones) is 1. The number of rotatable bonds is 7. The number of ether oxygens (including phenoxy) is 5. The van der Waals surface area contributed by atoms with Gasteiger partial charge in [-0.2, -0.15) is 0 Å². The Kier molecular flexibility index (Phi) is 15.2. The van der Waals surface area contributed by atoms with Gasteiger partial charge in [-0.05, 0) is 80.3 Å². The Hall–Kier alpha value is -1.46. The summed E-state index contributed by atoms with van der Waals surface area (Å²) in [5.74, 6) is -4.19. The van der Waals surface area contributed by atoms with Crippen molar-refractivity contribution in [1.29, 1.82) is 0 Å². The second kappa shape index (κ2) is 17.6. The van der Waals surface area contributed by atoms with Crippen LogP contribution in [0.1, 0.15) is 101 Å². The topological polar surface area (TPSA) is 200 Å². The van der Waals surface area contributed by atoms with Gasteiger partial charge in [0.15, 0.2) is 6.29 Å². The lowest BCUT2D eigenvalue weighted by Crippen LogP contribution is -2.60. The van der Waals surface area contributed by atoms with Crippen LogP contribution in [0.3, 0.4) is 0 Å². The van der Waals surface area contributed by atoms with E-state index in [1.807, 2.05) is 46.7 Å². The fraction of sp³-hybridized carbons (Fsp3) is 0.947.